The standard InChI is InChI=1S/C52H36N2O2/c1-3-46(40-25-27-44-43-19-9-10-21-47(43)56-50(44)32-40)54-52(41-24-23-35-15-7-8-16-36(35)30-41)53-33(2)42-20-12-22-49-51(42)45-31-39(26-28-48(45)55-49)38-18-11-17-37(29-38)34-13-5-4-6-14-34/h3-32,46H,1-2H2,(H,53,54). The van der Waals surface area contributed by atoms with Gasteiger partial charge in [0, 0.05) is 32.7 Å². The van der Waals surface area contributed by atoms with Gasteiger partial charge in [-0.2, -0.15) is 0 Å². The van der Waals surface area contributed by atoms with E-state index < -0.39 is 0 Å². The van der Waals surface area contributed by atoms with Crippen LogP contribution < -0.4 is 5.32 Å². The molecular formula is C52H36N2O2. The molecule has 0 radical (unpaired) electrons. The largest absolute Gasteiger partial charge is 0.456 e. The van der Waals surface area contributed by atoms with Gasteiger partial charge in [0.2, 0.25) is 0 Å². The minimum absolute atomic E-state index is 0.273. The summed E-state index contributed by atoms with van der Waals surface area (Å²) in [7, 11) is 0. The molecule has 10 rings (SSSR count). The Bertz CT molecular complexity index is 3160. The minimum atomic E-state index is -0.273. The summed E-state index contributed by atoms with van der Waals surface area (Å²) >= 11 is 0. The monoisotopic (exact) mass is 720 g/mol. The van der Waals surface area contributed by atoms with Gasteiger partial charge in [-0.1, -0.05) is 146 Å². The van der Waals surface area contributed by atoms with Crippen molar-refractivity contribution < 1.29 is 8.83 Å². The molecule has 0 spiro atoms. The molecule has 8 aromatic carbocycles. The number of hydrogen-bond acceptors (Lipinski definition) is 3. The average molecular weight is 721 g/mol. The quantitative estimate of drug-likeness (QED) is 0.0966. The summed E-state index contributed by atoms with van der Waals surface area (Å²) in [6, 6.07) is 60.6. The summed E-state index contributed by atoms with van der Waals surface area (Å²) in [4.78, 5) is 5.29. The summed E-state index contributed by atoms with van der Waals surface area (Å²) in [5.41, 5.74) is 11.4. The fourth-order valence-electron chi connectivity index (χ4n) is 7.83. The highest BCUT2D eigenvalue weighted by atomic mass is 16.3. The zero-order valence-electron chi connectivity index (χ0n) is 30.6. The lowest BCUT2D eigenvalue weighted by Crippen LogP contribution is -2.28. The van der Waals surface area contributed by atoms with Crippen LogP contribution in [0.4, 0.5) is 0 Å². The van der Waals surface area contributed by atoms with Crippen molar-refractivity contribution in [3.63, 3.8) is 0 Å². The van der Waals surface area contributed by atoms with Crippen LogP contribution in [0.15, 0.2) is 209 Å². The maximum atomic E-state index is 6.43. The van der Waals surface area contributed by atoms with Gasteiger partial charge in [-0.25, -0.2) is 4.99 Å². The number of amidine groups is 1. The highest BCUT2D eigenvalue weighted by Crippen LogP contribution is 2.38. The van der Waals surface area contributed by atoms with Crippen LogP contribution in [0.25, 0.3) is 82.6 Å². The van der Waals surface area contributed by atoms with Gasteiger partial charge in [0.1, 0.15) is 28.2 Å². The molecule has 1 N–H and O–H groups in total. The van der Waals surface area contributed by atoms with Crippen LogP contribution in [-0.4, -0.2) is 5.84 Å². The molecule has 56 heavy (non-hydrogen) atoms. The Morgan fingerprint density at radius 1 is 0.518 bits per heavy atom. The van der Waals surface area contributed by atoms with E-state index in [4.69, 9.17) is 13.8 Å². The molecule has 0 bridgehead atoms. The minimum Gasteiger partial charge on any atom is -0.456 e. The van der Waals surface area contributed by atoms with E-state index in [1.807, 2.05) is 42.5 Å². The Balaban J connectivity index is 1.07. The molecule has 0 amide bonds. The molecule has 2 heterocycles. The predicted molar refractivity (Wildman–Crippen MR) is 234 cm³/mol. The summed E-state index contributed by atoms with van der Waals surface area (Å²) in [6.45, 7) is 8.81. The number of para-hydroxylation sites is 1. The van der Waals surface area contributed by atoms with Crippen LogP contribution in [-0.2, 0) is 0 Å². The van der Waals surface area contributed by atoms with Gasteiger partial charge in [0.05, 0.1) is 11.7 Å². The molecule has 4 nitrogen and oxygen atoms in total. The normalized spacial score (nSPS) is 12.5. The van der Waals surface area contributed by atoms with E-state index in [1.54, 1.807) is 0 Å². The Morgan fingerprint density at radius 2 is 1.20 bits per heavy atom. The zero-order valence-corrected chi connectivity index (χ0v) is 30.6. The summed E-state index contributed by atoms with van der Waals surface area (Å²) in [5, 5.41) is 10.2. The molecule has 4 heteroatoms. The second kappa shape index (κ2) is 13.8. The predicted octanol–water partition coefficient (Wildman–Crippen LogP) is 13.9. The zero-order chi connectivity index (χ0) is 37.6. The van der Waals surface area contributed by atoms with Crippen molar-refractivity contribution in [3.05, 3.63) is 212 Å². The van der Waals surface area contributed by atoms with Crippen molar-refractivity contribution in [2.45, 2.75) is 6.04 Å². The number of aliphatic imine (C=N–C) groups is 1. The third-order valence-electron chi connectivity index (χ3n) is 10.7. The van der Waals surface area contributed by atoms with Crippen LogP contribution in [0.1, 0.15) is 22.7 Å². The fourth-order valence-corrected chi connectivity index (χ4v) is 7.83. The molecule has 1 atom stereocenters. The lowest BCUT2D eigenvalue weighted by Gasteiger charge is -2.20. The van der Waals surface area contributed by atoms with E-state index in [0.717, 1.165) is 82.5 Å². The fraction of sp³-hybridized carbons (Fsp3) is 0.0192. The maximum absolute atomic E-state index is 6.43. The van der Waals surface area contributed by atoms with Crippen LogP contribution in [0.3, 0.4) is 0 Å². The van der Waals surface area contributed by atoms with E-state index in [2.05, 4.69) is 158 Å². The van der Waals surface area contributed by atoms with Crippen LogP contribution in [0, 0.1) is 0 Å². The Hall–Kier alpha value is -7.43. The number of hydrogen-bond donors (Lipinski definition) is 1. The van der Waals surface area contributed by atoms with E-state index in [-0.39, 0.29) is 6.04 Å². The molecule has 0 fully saturated rings. The first-order valence-corrected chi connectivity index (χ1v) is 18.8. The van der Waals surface area contributed by atoms with E-state index in [1.165, 1.54) is 11.1 Å². The second-order valence-corrected chi connectivity index (χ2v) is 14.1. The van der Waals surface area contributed by atoms with Gasteiger partial charge in [-0.3, -0.25) is 0 Å². The van der Waals surface area contributed by atoms with E-state index in [9.17, 15) is 0 Å². The maximum Gasteiger partial charge on any atom is 0.136 e. The van der Waals surface area contributed by atoms with Crippen LogP contribution in [0.2, 0.25) is 0 Å². The Morgan fingerprint density at radius 3 is 2.07 bits per heavy atom. The summed E-state index contributed by atoms with van der Waals surface area (Å²) in [5.74, 6) is 0.679. The number of rotatable bonds is 8. The van der Waals surface area contributed by atoms with E-state index in [0.29, 0.717) is 11.5 Å². The van der Waals surface area contributed by atoms with Crippen molar-refractivity contribution >= 4 is 66.2 Å². The van der Waals surface area contributed by atoms with Gasteiger partial charge >= 0.3 is 0 Å². The number of nitrogens with one attached hydrogen (secondary N) is 1. The van der Waals surface area contributed by atoms with Gasteiger partial charge in [0.15, 0.2) is 0 Å². The molecule has 0 aliphatic heterocycles. The third-order valence-corrected chi connectivity index (χ3v) is 10.7. The van der Waals surface area contributed by atoms with Crippen molar-refractivity contribution in [3.8, 4) is 22.3 Å². The molecule has 0 saturated carbocycles. The molecule has 10 aromatic rings. The molecule has 2 aromatic heterocycles. The molecule has 0 aliphatic rings. The molecule has 0 saturated heterocycles. The number of furan rings is 2. The number of nitrogens with zero attached hydrogens (tertiary/aromatic N) is 1. The first-order chi connectivity index (χ1) is 27.6. The van der Waals surface area contributed by atoms with Gasteiger partial charge < -0.3 is 14.2 Å². The highest BCUT2D eigenvalue weighted by Gasteiger charge is 2.18. The van der Waals surface area contributed by atoms with Gasteiger partial charge in [-0.05, 0) is 81.1 Å². The first-order valence-electron chi connectivity index (χ1n) is 18.8. The highest BCUT2D eigenvalue weighted by molar-refractivity contribution is 6.13. The molecule has 1 unspecified atom stereocenters. The van der Waals surface area contributed by atoms with Crippen molar-refractivity contribution in [1.29, 1.82) is 0 Å². The topological polar surface area (TPSA) is 50.7 Å². The molecule has 0 aliphatic carbocycles. The van der Waals surface area contributed by atoms with Gasteiger partial charge in [-0.15, -0.1) is 6.58 Å². The summed E-state index contributed by atoms with van der Waals surface area (Å²) < 4.78 is 12.7. The van der Waals surface area contributed by atoms with Crippen LogP contribution >= 0.6 is 0 Å². The molecular weight excluding hydrogens is 685 g/mol. The van der Waals surface area contributed by atoms with Crippen molar-refractivity contribution in [2.24, 2.45) is 4.99 Å². The SMILES string of the molecule is C=CC(NC(=NC(=C)c1cccc2oc3ccc(-c4cccc(-c5ccccc5)c4)cc3c12)c1ccc2ccccc2c1)c1ccc2c(c1)oc1ccccc12. The Labute approximate surface area is 324 Å². The third kappa shape index (κ3) is 5.94. The Kier molecular flexibility index (Phi) is 8.15. The lowest BCUT2D eigenvalue weighted by atomic mass is 9.97. The van der Waals surface area contributed by atoms with E-state index >= 15 is 0 Å². The van der Waals surface area contributed by atoms with Crippen molar-refractivity contribution in [1.82, 2.24) is 5.32 Å². The van der Waals surface area contributed by atoms with Crippen LogP contribution in [0.5, 0.6) is 0 Å². The van der Waals surface area contributed by atoms with Crippen molar-refractivity contribution in [2.75, 3.05) is 0 Å². The molecule has 266 valence electrons. The average Bonchev–Trinajstić information content (AvgIpc) is 3.83. The number of fused-ring (bicyclic) bond motifs is 7. The smallest absolute Gasteiger partial charge is 0.136 e. The lowest BCUT2D eigenvalue weighted by molar-refractivity contribution is 0.666. The number of benzene rings is 8. The second-order valence-electron chi connectivity index (χ2n) is 14.1. The first kappa shape index (κ1) is 33.2. The summed E-state index contributed by atoms with van der Waals surface area (Å²) in [6.07, 6.45) is 1.90. The van der Waals surface area contributed by atoms with Gasteiger partial charge in [0.25, 0.3) is 0 Å².